The number of aromatic nitrogens is 2. The molecule has 0 aromatic carbocycles. The van der Waals surface area contributed by atoms with Gasteiger partial charge in [-0.05, 0) is 29.7 Å². The average molecular weight is 219 g/mol. The molecule has 1 fully saturated rings. The minimum Gasteiger partial charge on any atom is -0.368 e. The number of fused-ring (bicyclic) bond motifs is 1. The van der Waals surface area contributed by atoms with Gasteiger partial charge in [0.15, 0.2) is 0 Å². The smallest absolute Gasteiger partial charge is 0.147 e. The molecule has 0 spiro atoms. The summed E-state index contributed by atoms with van der Waals surface area (Å²) in [4.78, 5) is 8.51. The molecule has 0 bridgehead atoms. The minimum absolute atomic E-state index is 0.843. The second-order valence-corrected chi connectivity index (χ2v) is 5.13. The van der Waals surface area contributed by atoms with Gasteiger partial charge < -0.3 is 5.32 Å². The maximum atomic E-state index is 4.29. The summed E-state index contributed by atoms with van der Waals surface area (Å²) < 4.78 is 1.17. The van der Waals surface area contributed by atoms with E-state index in [4.69, 9.17) is 0 Å². The molecule has 78 valence electrons. The molecular weight excluding hydrogens is 206 g/mol. The molecule has 0 amide bonds. The Morgan fingerprint density at radius 3 is 3.20 bits per heavy atom. The van der Waals surface area contributed by atoms with Crippen LogP contribution in [0.4, 0.5) is 5.82 Å². The maximum Gasteiger partial charge on any atom is 0.147 e. The number of nitrogens with one attached hydrogen (secondary N) is 1. The monoisotopic (exact) mass is 219 g/mol. The van der Waals surface area contributed by atoms with Crippen LogP contribution in [-0.2, 0) is 0 Å². The van der Waals surface area contributed by atoms with E-state index in [1.54, 1.807) is 17.7 Å². The highest BCUT2D eigenvalue weighted by molar-refractivity contribution is 7.17. The molecule has 2 aromatic heterocycles. The predicted octanol–water partition coefficient (Wildman–Crippen LogP) is 2.76. The lowest BCUT2D eigenvalue weighted by Gasteiger charge is -2.04. The Kier molecular flexibility index (Phi) is 2.09. The first-order valence-electron chi connectivity index (χ1n) is 5.26. The predicted molar refractivity (Wildman–Crippen MR) is 63.2 cm³/mol. The molecule has 1 saturated carbocycles. The Labute approximate surface area is 92.6 Å². The first-order valence-corrected chi connectivity index (χ1v) is 6.14. The lowest BCUT2D eigenvalue weighted by atomic mass is 10.3. The van der Waals surface area contributed by atoms with E-state index >= 15 is 0 Å². The summed E-state index contributed by atoms with van der Waals surface area (Å²) in [6.07, 6.45) is 2.99. The summed E-state index contributed by atoms with van der Waals surface area (Å²) in [7, 11) is 0. The van der Waals surface area contributed by atoms with Gasteiger partial charge in [-0.25, -0.2) is 9.97 Å². The van der Waals surface area contributed by atoms with Crippen LogP contribution in [0.2, 0.25) is 0 Å². The van der Waals surface area contributed by atoms with Crippen LogP contribution in [0.3, 0.4) is 0 Å². The number of thiophene rings is 1. The summed E-state index contributed by atoms with van der Waals surface area (Å²) in [6.45, 7) is 3.35. The van der Waals surface area contributed by atoms with Gasteiger partial charge in [-0.15, -0.1) is 11.3 Å². The standard InChI is InChI=1S/C11H13N3S/c1-7-4-8(7)5-12-11-10-9(2-3-15-10)13-6-14-11/h2-3,6-8H,4-5H2,1H3,(H,12,13,14). The van der Waals surface area contributed by atoms with Crippen molar-refractivity contribution in [2.75, 3.05) is 11.9 Å². The van der Waals surface area contributed by atoms with E-state index in [0.29, 0.717) is 0 Å². The molecule has 4 heteroatoms. The molecule has 15 heavy (non-hydrogen) atoms. The summed E-state index contributed by atoms with van der Waals surface area (Å²) >= 11 is 1.70. The SMILES string of the molecule is CC1CC1CNc1ncnc2ccsc12. The Bertz CT molecular complexity index is 479. The fraction of sp³-hybridized carbons (Fsp3) is 0.455. The zero-order chi connectivity index (χ0) is 10.3. The van der Waals surface area contributed by atoms with Crippen LogP contribution >= 0.6 is 11.3 Å². The normalized spacial score (nSPS) is 24.3. The van der Waals surface area contributed by atoms with E-state index in [1.807, 2.05) is 6.07 Å². The van der Waals surface area contributed by atoms with E-state index in [-0.39, 0.29) is 0 Å². The molecule has 1 N–H and O–H groups in total. The van der Waals surface area contributed by atoms with E-state index in [2.05, 4.69) is 27.6 Å². The lowest BCUT2D eigenvalue weighted by molar-refractivity contribution is 0.785. The highest BCUT2D eigenvalue weighted by Gasteiger charge is 2.32. The average Bonchev–Trinajstić information content (AvgIpc) is 2.78. The molecule has 0 radical (unpaired) electrons. The van der Waals surface area contributed by atoms with E-state index in [9.17, 15) is 0 Å². The zero-order valence-electron chi connectivity index (χ0n) is 8.60. The van der Waals surface area contributed by atoms with Crippen molar-refractivity contribution in [1.82, 2.24) is 9.97 Å². The molecule has 2 heterocycles. The summed E-state index contributed by atoms with van der Waals surface area (Å²) in [5, 5.41) is 5.49. The topological polar surface area (TPSA) is 37.8 Å². The summed E-state index contributed by atoms with van der Waals surface area (Å²) in [5.74, 6) is 2.72. The molecule has 1 aliphatic carbocycles. The van der Waals surface area contributed by atoms with Crippen molar-refractivity contribution in [3.05, 3.63) is 17.8 Å². The van der Waals surface area contributed by atoms with Crippen molar-refractivity contribution >= 4 is 27.4 Å². The number of anilines is 1. The molecule has 3 rings (SSSR count). The highest BCUT2D eigenvalue weighted by Crippen LogP contribution is 2.37. The molecular formula is C11H13N3S. The number of hydrogen-bond acceptors (Lipinski definition) is 4. The van der Waals surface area contributed by atoms with Gasteiger partial charge in [-0.2, -0.15) is 0 Å². The van der Waals surface area contributed by atoms with Gasteiger partial charge in [-0.1, -0.05) is 6.92 Å². The van der Waals surface area contributed by atoms with Crippen LogP contribution in [0.25, 0.3) is 10.2 Å². The van der Waals surface area contributed by atoms with Crippen LogP contribution in [-0.4, -0.2) is 16.5 Å². The van der Waals surface area contributed by atoms with Crippen LogP contribution in [0.1, 0.15) is 13.3 Å². The van der Waals surface area contributed by atoms with E-state index in [1.165, 1.54) is 11.1 Å². The fourth-order valence-corrected chi connectivity index (χ4v) is 2.64. The Morgan fingerprint density at radius 1 is 1.53 bits per heavy atom. The molecule has 0 aliphatic heterocycles. The van der Waals surface area contributed by atoms with Crippen LogP contribution in [0.5, 0.6) is 0 Å². The number of hydrogen-bond donors (Lipinski definition) is 1. The van der Waals surface area contributed by atoms with Gasteiger partial charge in [0.2, 0.25) is 0 Å². The Hall–Kier alpha value is -1.16. The van der Waals surface area contributed by atoms with Crippen LogP contribution < -0.4 is 5.32 Å². The summed E-state index contributed by atoms with van der Waals surface area (Å²) in [5.41, 5.74) is 1.04. The minimum atomic E-state index is 0.843. The third-order valence-electron chi connectivity index (χ3n) is 3.05. The molecule has 1 aliphatic rings. The second kappa shape index (κ2) is 3.45. The van der Waals surface area contributed by atoms with Crippen molar-refractivity contribution in [3.63, 3.8) is 0 Å². The number of nitrogens with zero attached hydrogens (tertiary/aromatic N) is 2. The van der Waals surface area contributed by atoms with E-state index in [0.717, 1.165) is 29.7 Å². The van der Waals surface area contributed by atoms with Crippen molar-refractivity contribution in [2.45, 2.75) is 13.3 Å². The third kappa shape index (κ3) is 1.69. The maximum absolute atomic E-state index is 4.29. The number of rotatable bonds is 3. The quantitative estimate of drug-likeness (QED) is 0.862. The van der Waals surface area contributed by atoms with Crippen LogP contribution in [0.15, 0.2) is 17.8 Å². The van der Waals surface area contributed by atoms with Gasteiger partial charge in [-0.3, -0.25) is 0 Å². The van der Waals surface area contributed by atoms with Gasteiger partial charge in [0.1, 0.15) is 12.1 Å². The van der Waals surface area contributed by atoms with Crippen LogP contribution in [0, 0.1) is 11.8 Å². The zero-order valence-corrected chi connectivity index (χ0v) is 9.42. The van der Waals surface area contributed by atoms with Crippen molar-refractivity contribution in [2.24, 2.45) is 11.8 Å². The Balaban J connectivity index is 1.81. The van der Waals surface area contributed by atoms with Gasteiger partial charge >= 0.3 is 0 Å². The van der Waals surface area contributed by atoms with Gasteiger partial charge in [0.25, 0.3) is 0 Å². The molecule has 2 unspecified atom stereocenters. The highest BCUT2D eigenvalue weighted by atomic mass is 32.1. The van der Waals surface area contributed by atoms with Crippen molar-refractivity contribution in [3.8, 4) is 0 Å². The third-order valence-corrected chi connectivity index (χ3v) is 3.96. The Morgan fingerprint density at radius 2 is 2.40 bits per heavy atom. The first-order chi connectivity index (χ1) is 7.34. The lowest BCUT2D eigenvalue weighted by Crippen LogP contribution is -2.06. The molecule has 2 aromatic rings. The fourth-order valence-electron chi connectivity index (χ4n) is 1.83. The van der Waals surface area contributed by atoms with Crippen molar-refractivity contribution in [1.29, 1.82) is 0 Å². The largest absolute Gasteiger partial charge is 0.368 e. The van der Waals surface area contributed by atoms with Gasteiger partial charge in [0, 0.05) is 6.54 Å². The second-order valence-electron chi connectivity index (χ2n) is 4.21. The van der Waals surface area contributed by atoms with E-state index < -0.39 is 0 Å². The molecule has 3 nitrogen and oxygen atoms in total. The first kappa shape index (κ1) is 9.09. The molecule has 2 atom stereocenters. The van der Waals surface area contributed by atoms with Crippen molar-refractivity contribution < 1.29 is 0 Å². The van der Waals surface area contributed by atoms with Gasteiger partial charge in [0.05, 0.1) is 10.2 Å². The summed E-state index contributed by atoms with van der Waals surface area (Å²) in [6, 6.07) is 2.03. The molecule has 0 saturated heterocycles.